The van der Waals surface area contributed by atoms with Crippen LogP contribution >= 0.6 is 0 Å². The number of sulfonamides is 1. The fraction of sp³-hybridized carbons (Fsp3) is 0.417. The lowest BCUT2D eigenvalue weighted by atomic mass is 10.0. The largest absolute Gasteiger partial charge is 0.394 e. The summed E-state index contributed by atoms with van der Waals surface area (Å²) in [5, 5.41) is 27.1. The van der Waals surface area contributed by atoms with Crippen molar-refractivity contribution in [3.8, 4) is 6.07 Å². The van der Waals surface area contributed by atoms with E-state index in [2.05, 4.69) is 4.72 Å². The molecule has 0 bridgehead atoms. The number of benzene rings is 1. The van der Waals surface area contributed by atoms with Gasteiger partial charge >= 0.3 is 0 Å². The topological polar surface area (TPSA) is 110 Å². The van der Waals surface area contributed by atoms with Gasteiger partial charge in [-0.1, -0.05) is 6.92 Å². The van der Waals surface area contributed by atoms with Crippen LogP contribution in [0.3, 0.4) is 0 Å². The molecule has 0 amide bonds. The molecule has 0 atom stereocenters. The Bertz CT molecular complexity index is 548. The van der Waals surface area contributed by atoms with Crippen LogP contribution in [0.2, 0.25) is 0 Å². The van der Waals surface area contributed by atoms with E-state index < -0.39 is 28.8 Å². The number of aliphatic hydroxyl groups excluding tert-OH is 2. The van der Waals surface area contributed by atoms with Gasteiger partial charge in [0.15, 0.2) is 0 Å². The quantitative estimate of drug-likeness (QED) is 0.679. The van der Waals surface area contributed by atoms with E-state index in [0.29, 0.717) is 5.56 Å². The van der Waals surface area contributed by atoms with Crippen LogP contribution in [-0.2, 0) is 10.0 Å². The summed E-state index contributed by atoms with van der Waals surface area (Å²) in [5.41, 5.74) is -0.933. The van der Waals surface area contributed by atoms with Crippen LogP contribution in [-0.4, -0.2) is 37.4 Å². The molecule has 1 aromatic carbocycles. The van der Waals surface area contributed by atoms with Gasteiger partial charge in [0.2, 0.25) is 10.0 Å². The predicted octanol–water partition coefficient (Wildman–Crippen LogP) is -0.0300. The summed E-state index contributed by atoms with van der Waals surface area (Å²) in [6, 6.07) is 7.27. The van der Waals surface area contributed by atoms with E-state index in [1.165, 1.54) is 24.3 Å². The Morgan fingerprint density at radius 3 is 2.16 bits per heavy atom. The van der Waals surface area contributed by atoms with Gasteiger partial charge < -0.3 is 10.2 Å². The van der Waals surface area contributed by atoms with Crippen LogP contribution in [0.5, 0.6) is 0 Å². The van der Waals surface area contributed by atoms with Crippen molar-refractivity contribution < 1.29 is 18.6 Å². The molecule has 1 aromatic rings. The van der Waals surface area contributed by atoms with Crippen molar-refractivity contribution in [3.63, 3.8) is 0 Å². The average molecular weight is 284 g/mol. The Kier molecular flexibility index (Phi) is 5.03. The van der Waals surface area contributed by atoms with Crippen LogP contribution in [0, 0.1) is 11.3 Å². The van der Waals surface area contributed by atoms with E-state index in [1.807, 2.05) is 6.07 Å². The molecule has 0 aliphatic carbocycles. The van der Waals surface area contributed by atoms with Gasteiger partial charge in [-0.15, -0.1) is 0 Å². The Hall–Kier alpha value is -1.46. The van der Waals surface area contributed by atoms with Crippen molar-refractivity contribution in [2.24, 2.45) is 0 Å². The molecule has 0 unspecified atom stereocenters. The van der Waals surface area contributed by atoms with Gasteiger partial charge in [0.25, 0.3) is 0 Å². The van der Waals surface area contributed by atoms with E-state index in [-0.39, 0.29) is 11.3 Å². The Morgan fingerprint density at radius 1 is 1.26 bits per heavy atom. The van der Waals surface area contributed by atoms with Crippen LogP contribution in [0.4, 0.5) is 0 Å². The van der Waals surface area contributed by atoms with Crippen molar-refractivity contribution in [2.75, 3.05) is 13.2 Å². The Balaban J connectivity index is 3.07. The molecular formula is C12H16N2O4S. The molecule has 19 heavy (non-hydrogen) atoms. The Morgan fingerprint density at radius 2 is 1.79 bits per heavy atom. The highest BCUT2D eigenvalue weighted by Crippen LogP contribution is 2.16. The van der Waals surface area contributed by atoms with E-state index in [4.69, 9.17) is 5.26 Å². The first kappa shape index (κ1) is 15.6. The van der Waals surface area contributed by atoms with Gasteiger partial charge in [0.1, 0.15) is 0 Å². The monoisotopic (exact) mass is 284 g/mol. The molecule has 0 saturated heterocycles. The number of rotatable bonds is 6. The third-order valence-electron chi connectivity index (χ3n) is 2.93. The number of hydrogen-bond donors (Lipinski definition) is 3. The number of aliphatic hydroxyl groups is 2. The van der Waals surface area contributed by atoms with Crippen LogP contribution < -0.4 is 4.72 Å². The van der Waals surface area contributed by atoms with Crippen LogP contribution in [0.25, 0.3) is 0 Å². The van der Waals surface area contributed by atoms with Gasteiger partial charge in [-0.25, -0.2) is 13.1 Å². The summed E-state index contributed by atoms with van der Waals surface area (Å²) < 4.78 is 26.5. The molecule has 0 fully saturated rings. The minimum atomic E-state index is -3.86. The lowest BCUT2D eigenvalue weighted by Gasteiger charge is -2.29. The first-order valence-electron chi connectivity index (χ1n) is 5.69. The molecule has 3 N–H and O–H groups in total. The number of nitriles is 1. The van der Waals surface area contributed by atoms with Crippen molar-refractivity contribution in [3.05, 3.63) is 29.8 Å². The third kappa shape index (κ3) is 3.52. The maximum atomic E-state index is 12.1. The lowest BCUT2D eigenvalue weighted by Crippen LogP contribution is -2.53. The normalized spacial score (nSPS) is 12.1. The summed E-state index contributed by atoms with van der Waals surface area (Å²) in [7, 11) is -3.86. The first-order chi connectivity index (χ1) is 8.93. The van der Waals surface area contributed by atoms with Gasteiger partial charge in [-0.05, 0) is 30.7 Å². The lowest BCUT2D eigenvalue weighted by molar-refractivity contribution is 0.105. The van der Waals surface area contributed by atoms with Gasteiger partial charge in [-0.3, -0.25) is 0 Å². The average Bonchev–Trinajstić information content (AvgIpc) is 2.45. The maximum absolute atomic E-state index is 12.1. The summed E-state index contributed by atoms with van der Waals surface area (Å²) in [5.74, 6) is 0. The third-order valence-corrected chi connectivity index (χ3v) is 4.52. The fourth-order valence-corrected chi connectivity index (χ4v) is 2.92. The van der Waals surface area contributed by atoms with Gasteiger partial charge in [-0.2, -0.15) is 5.26 Å². The smallest absolute Gasteiger partial charge is 0.241 e. The second-order valence-electron chi connectivity index (χ2n) is 4.19. The highest BCUT2D eigenvalue weighted by atomic mass is 32.2. The second-order valence-corrected chi connectivity index (χ2v) is 5.87. The van der Waals surface area contributed by atoms with E-state index in [1.54, 1.807) is 6.92 Å². The predicted molar refractivity (Wildman–Crippen MR) is 68.7 cm³/mol. The van der Waals surface area contributed by atoms with E-state index >= 15 is 0 Å². The van der Waals surface area contributed by atoms with Crippen molar-refractivity contribution in [2.45, 2.75) is 23.8 Å². The standard InChI is InChI=1S/C12H16N2O4S/c1-2-12(8-15,9-16)14-19(17,18)11-5-3-10(7-13)4-6-11/h3-6,14-16H,2,8-9H2,1H3. The molecule has 0 radical (unpaired) electrons. The molecule has 0 saturated carbocycles. The van der Waals surface area contributed by atoms with E-state index in [0.717, 1.165) is 0 Å². The molecule has 0 heterocycles. The van der Waals surface area contributed by atoms with Gasteiger partial charge in [0, 0.05) is 0 Å². The first-order valence-corrected chi connectivity index (χ1v) is 7.17. The molecule has 0 spiro atoms. The molecule has 0 aromatic heterocycles. The minimum absolute atomic E-state index is 0.0220. The van der Waals surface area contributed by atoms with Crippen LogP contribution in [0.15, 0.2) is 29.2 Å². The highest BCUT2D eigenvalue weighted by molar-refractivity contribution is 7.89. The van der Waals surface area contributed by atoms with E-state index in [9.17, 15) is 18.6 Å². The zero-order valence-corrected chi connectivity index (χ0v) is 11.3. The second kappa shape index (κ2) is 6.12. The van der Waals surface area contributed by atoms with Gasteiger partial charge in [0.05, 0.1) is 35.3 Å². The van der Waals surface area contributed by atoms with Crippen molar-refractivity contribution >= 4 is 10.0 Å². The molecule has 6 nitrogen and oxygen atoms in total. The van der Waals surface area contributed by atoms with Crippen molar-refractivity contribution in [1.29, 1.82) is 5.26 Å². The highest BCUT2D eigenvalue weighted by Gasteiger charge is 2.32. The molecule has 7 heteroatoms. The number of nitrogens with zero attached hydrogens (tertiary/aromatic N) is 1. The molecule has 104 valence electrons. The summed E-state index contributed by atoms with van der Waals surface area (Å²) in [6.07, 6.45) is 0.246. The van der Waals surface area contributed by atoms with Crippen LogP contribution in [0.1, 0.15) is 18.9 Å². The molecule has 0 aliphatic heterocycles. The molecule has 0 aliphatic rings. The summed E-state index contributed by atoms with van der Waals surface area (Å²) in [4.78, 5) is -0.0220. The number of nitrogens with one attached hydrogen (secondary N) is 1. The zero-order valence-electron chi connectivity index (χ0n) is 10.5. The fourth-order valence-electron chi connectivity index (χ4n) is 1.46. The molecule has 1 rings (SSSR count). The SMILES string of the molecule is CCC(CO)(CO)NS(=O)(=O)c1ccc(C#N)cc1. The minimum Gasteiger partial charge on any atom is -0.394 e. The van der Waals surface area contributed by atoms with Crippen molar-refractivity contribution in [1.82, 2.24) is 4.72 Å². The maximum Gasteiger partial charge on any atom is 0.241 e. The Labute approximate surface area is 112 Å². The zero-order chi connectivity index (χ0) is 14.5. The number of hydrogen-bond acceptors (Lipinski definition) is 5. The molecular weight excluding hydrogens is 268 g/mol. The summed E-state index contributed by atoms with van der Waals surface area (Å²) >= 11 is 0. The summed E-state index contributed by atoms with van der Waals surface area (Å²) in [6.45, 7) is 0.652.